The molecule has 96 valence electrons. The molecule has 4 heteroatoms. The van der Waals surface area contributed by atoms with Crippen LogP contribution in [0.4, 0.5) is 0 Å². The third-order valence-electron chi connectivity index (χ3n) is 2.85. The van der Waals surface area contributed by atoms with Gasteiger partial charge in [-0.1, -0.05) is 20.8 Å². The van der Waals surface area contributed by atoms with Crippen LogP contribution in [0.2, 0.25) is 0 Å². The minimum Gasteiger partial charge on any atom is -0.408 e. The van der Waals surface area contributed by atoms with E-state index in [1.165, 1.54) is 0 Å². The van der Waals surface area contributed by atoms with Gasteiger partial charge in [-0.05, 0) is 30.0 Å². The minimum absolute atomic E-state index is 0.0793. The highest BCUT2D eigenvalue weighted by Crippen LogP contribution is 2.22. The monoisotopic (exact) mass is 247 g/mol. The third kappa shape index (κ3) is 2.88. The van der Waals surface area contributed by atoms with E-state index in [9.17, 15) is 9.59 Å². The summed E-state index contributed by atoms with van der Waals surface area (Å²) in [6.07, 6.45) is 1.34. The van der Waals surface area contributed by atoms with E-state index >= 15 is 0 Å². The van der Waals surface area contributed by atoms with Crippen LogP contribution in [0.5, 0.6) is 0 Å². The second-order valence-corrected chi connectivity index (χ2v) is 5.71. The number of hydrogen-bond acceptors (Lipinski definition) is 3. The number of rotatable bonds is 3. The molecule has 2 aromatic rings. The highest BCUT2D eigenvalue weighted by Gasteiger charge is 2.15. The Labute approximate surface area is 105 Å². The summed E-state index contributed by atoms with van der Waals surface area (Å²) < 4.78 is 4.94. The molecule has 0 amide bonds. The zero-order valence-electron chi connectivity index (χ0n) is 10.9. The Bertz CT molecular complexity index is 628. The fourth-order valence-corrected chi connectivity index (χ4v) is 1.75. The molecule has 0 atom stereocenters. The van der Waals surface area contributed by atoms with Crippen LogP contribution < -0.4 is 5.76 Å². The van der Waals surface area contributed by atoms with Crippen molar-refractivity contribution in [3.8, 4) is 0 Å². The van der Waals surface area contributed by atoms with E-state index in [0.717, 1.165) is 6.42 Å². The third-order valence-corrected chi connectivity index (χ3v) is 2.85. The standard InChI is InChI=1S/C14H17NO3/c1-14(2,3)7-6-11(16)9-4-5-10-12(8-9)18-13(17)15-10/h4-5,8H,6-7H2,1-3H3,(H,15,17). The van der Waals surface area contributed by atoms with Gasteiger partial charge in [0.2, 0.25) is 0 Å². The average molecular weight is 247 g/mol. The van der Waals surface area contributed by atoms with E-state index in [2.05, 4.69) is 25.8 Å². The van der Waals surface area contributed by atoms with Gasteiger partial charge in [0, 0.05) is 12.0 Å². The van der Waals surface area contributed by atoms with Crippen molar-refractivity contribution in [2.75, 3.05) is 0 Å². The van der Waals surface area contributed by atoms with E-state index in [0.29, 0.717) is 23.1 Å². The van der Waals surface area contributed by atoms with Gasteiger partial charge < -0.3 is 4.42 Å². The number of carbonyl (C=O) groups is 1. The van der Waals surface area contributed by atoms with Gasteiger partial charge in [0.25, 0.3) is 0 Å². The molecule has 1 heterocycles. The van der Waals surface area contributed by atoms with Crippen LogP contribution in [0.15, 0.2) is 27.4 Å². The quantitative estimate of drug-likeness (QED) is 0.847. The minimum atomic E-state index is -0.496. The summed E-state index contributed by atoms with van der Waals surface area (Å²) in [6.45, 7) is 6.32. The molecular weight excluding hydrogens is 230 g/mol. The zero-order chi connectivity index (χ0) is 13.3. The highest BCUT2D eigenvalue weighted by atomic mass is 16.4. The van der Waals surface area contributed by atoms with Gasteiger partial charge in [0.15, 0.2) is 11.4 Å². The molecule has 1 aromatic heterocycles. The molecule has 0 radical (unpaired) electrons. The molecular formula is C14H17NO3. The molecule has 0 saturated heterocycles. The molecule has 1 aromatic carbocycles. The maximum atomic E-state index is 12.0. The summed E-state index contributed by atoms with van der Waals surface area (Å²) in [5, 5.41) is 0. The molecule has 18 heavy (non-hydrogen) atoms. The average Bonchev–Trinajstić information content (AvgIpc) is 2.63. The Morgan fingerprint density at radius 3 is 2.72 bits per heavy atom. The topological polar surface area (TPSA) is 63.1 Å². The molecule has 4 nitrogen and oxygen atoms in total. The lowest BCUT2D eigenvalue weighted by atomic mass is 9.88. The van der Waals surface area contributed by atoms with Gasteiger partial charge in [-0.3, -0.25) is 9.78 Å². The number of aromatic amines is 1. The van der Waals surface area contributed by atoms with Crippen molar-refractivity contribution in [1.29, 1.82) is 0 Å². The summed E-state index contributed by atoms with van der Waals surface area (Å²) in [6, 6.07) is 5.04. The summed E-state index contributed by atoms with van der Waals surface area (Å²) in [5.41, 5.74) is 1.78. The molecule has 0 fully saturated rings. The molecule has 0 spiro atoms. The van der Waals surface area contributed by atoms with Crippen molar-refractivity contribution in [1.82, 2.24) is 4.98 Å². The van der Waals surface area contributed by atoms with Crippen molar-refractivity contribution in [2.24, 2.45) is 5.41 Å². The van der Waals surface area contributed by atoms with E-state index < -0.39 is 5.76 Å². The number of H-pyrrole nitrogens is 1. The van der Waals surface area contributed by atoms with Crippen molar-refractivity contribution in [2.45, 2.75) is 33.6 Å². The second-order valence-electron chi connectivity index (χ2n) is 5.71. The van der Waals surface area contributed by atoms with Crippen LogP contribution >= 0.6 is 0 Å². The lowest BCUT2D eigenvalue weighted by Gasteiger charge is -2.16. The first kappa shape index (κ1) is 12.6. The summed E-state index contributed by atoms with van der Waals surface area (Å²) >= 11 is 0. The molecule has 0 bridgehead atoms. The molecule has 0 aliphatic rings. The smallest absolute Gasteiger partial charge is 0.408 e. The number of aromatic nitrogens is 1. The van der Waals surface area contributed by atoms with E-state index in [4.69, 9.17) is 4.42 Å². The Morgan fingerprint density at radius 1 is 1.33 bits per heavy atom. The molecule has 0 saturated carbocycles. The number of oxazole rings is 1. The van der Waals surface area contributed by atoms with Crippen LogP contribution in [0.25, 0.3) is 11.1 Å². The van der Waals surface area contributed by atoms with Crippen LogP contribution in [-0.4, -0.2) is 10.8 Å². The molecule has 1 N–H and O–H groups in total. The lowest BCUT2D eigenvalue weighted by molar-refractivity contribution is 0.0966. The Hall–Kier alpha value is -1.84. The number of benzene rings is 1. The predicted molar refractivity (Wildman–Crippen MR) is 69.9 cm³/mol. The number of hydrogen-bond donors (Lipinski definition) is 1. The number of ketones is 1. The SMILES string of the molecule is CC(C)(C)CCC(=O)c1ccc2[nH]c(=O)oc2c1. The van der Waals surface area contributed by atoms with Crippen molar-refractivity contribution in [3.63, 3.8) is 0 Å². The van der Waals surface area contributed by atoms with Crippen LogP contribution in [0, 0.1) is 5.41 Å². The Morgan fingerprint density at radius 2 is 2.06 bits per heavy atom. The number of nitrogens with one attached hydrogen (secondary N) is 1. The van der Waals surface area contributed by atoms with E-state index in [1.54, 1.807) is 18.2 Å². The van der Waals surface area contributed by atoms with Crippen LogP contribution in [0.1, 0.15) is 44.0 Å². The zero-order valence-corrected chi connectivity index (χ0v) is 10.9. The van der Waals surface area contributed by atoms with Gasteiger partial charge in [-0.25, -0.2) is 4.79 Å². The summed E-state index contributed by atoms with van der Waals surface area (Å²) in [4.78, 5) is 25.6. The number of Topliss-reactive ketones (excluding diaryl/α,β-unsaturated/α-hetero) is 1. The van der Waals surface area contributed by atoms with Crippen molar-refractivity contribution < 1.29 is 9.21 Å². The predicted octanol–water partition coefficient (Wildman–Crippen LogP) is 3.13. The number of carbonyl (C=O) groups excluding carboxylic acids is 1. The fourth-order valence-electron chi connectivity index (χ4n) is 1.75. The summed E-state index contributed by atoms with van der Waals surface area (Å²) in [7, 11) is 0. The molecule has 0 aliphatic carbocycles. The van der Waals surface area contributed by atoms with Crippen molar-refractivity contribution in [3.05, 3.63) is 34.3 Å². The largest absolute Gasteiger partial charge is 0.417 e. The Balaban J connectivity index is 2.20. The van der Waals surface area contributed by atoms with Crippen LogP contribution in [0.3, 0.4) is 0 Å². The maximum Gasteiger partial charge on any atom is 0.417 e. The highest BCUT2D eigenvalue weighted by molar-refractivity contribution is 5.98. The van der Waals surface area contributed by atoms with E-state index in [-0.39, 0.29) is 11.2 Å². The molecule has 0 unspecified atom stereocenters. The van der Waals surface area contributed by atoms with Gasteiger partial charge in [-0.2, -0.15) is 0 Å². The fraction of sp³-hybridized carbons (Fsp3) is 0.429. The van der Waals surface area contributed by atoms with E-state index in [1.807, 2.05) is 0 Å². The first-order chi connectivity index (χ1) is 8.35. The maximum absolute atomic E-state index is 12.0. The first-order valence-electron chi connectivity index (χ1n) is 6.01. The molecule has 2 rings (SSSR count). The Kier molecular flexibility index (Phi) is 3.11. The second kappa shape index (κ2) is 4.44. The normalized spacial score (nSPS) is 11.9. The van der Waals surface area contributed by atoms with Gasteiger partial charge in [0.1, 0.15) is 0 Å². The number of fused-ring (bicyclic) bond motifs is 1. The first-order valence-corrected chi connectivity index (χ1v) is 6.01. The summed E-state index contributed by atoms with van der Waals surface area (Å²) in [5.74, 6) is -0.417. The van der Waals surface area contributed by atoms with Gasteiger partial charge >= 0.3 is 5.76 Å². The lowest BCUT2D eigenvalue weighted by Crippen LogP contribution is -2.09. The van der Waals surface area contributed by atoms with Crippen LogP contribution in [-0.2, 0) is 0 Å². The molecule has 0 aliphatic heterocycles. The van der Waals surface area contributed by atoms with Crippen molar-refractivity contribution >= 4 is 16.9 Å². The van der Waals surface area contributed by atoms with Gasteiger partial charge in [-0.15, -0.1) is 0 Å². The van der Waals surface area contributed by atoms with Gasteiger partial charge in [0.05, 0.1) is 5.52 Å².